The maximum atomic E-state index is 14.8. The number of nitrogens with zero attached hydrogens (tertiary/aromatic N) is 2. The van der Waals surface area contributed by atoms with Gasteiger partial charge in [-0.2, -0.15) is 8.61 Å². The van der Waals surface area contributed by atoms with Gasteiger partial charge in [-0.3, -0.25) is 0 Å². The molecule has 0 unspecified atom stereocenters. The number of sulfonamides is 2. The largest absolute Gasteiger partial charge is 0.497 e. The lowest BCUT2D eigenvalue weighted by Crippen LogP contribution is -2.67. The molecular weight excluding hydrogens is 1270 g/mol. The van der Waals surface area contributed by atoms with E-state index >= 15 is 0 Å². The van der Waals surface area contributed by atoms with E-state index in [1.807, 2.05) is 135 Å². The molecule has 0 heterocycles. The molecule has 0 aromatic heterocycles. The van der Waals surface area contributed by atoms with Gasteiger partial charge in [0.05, 0.1) is 38.9 Å². The zero-order valence-corrected chi connectivity index (χ0v) is 62.2. The summed E-state index contributed by atoms with van der Waals surface area (Å²) in [5.74, 6) is 2.89. The Balaban J connectivity index is 0.000000271. The molecule has 0 aliphatic rings. The van der Waals surface area contributed by atoms with Crippen molar-refractivity contribution >= 4 is 57.4 Å². The monoisotopic (exact) mass is 1370 g/mol. The zero-order valence-electron chi connectivity index (χ0n) is 58.5. The summed E-state index contributed by atoms with van der Waals surface area (Å²) in [5, 5.41) is 2.86. The molecule has 12 nitrogen and oxygen atoms in total. The van der Waals surface area contributed by atoms with E-state index < -0.39 is 47.2 Å². The van der Waals surface area contributed by atoms with Crippen molar-refractivity contribution in [2.75, 3.05) is 28.4 Å². The Kier molecular flexibility index (Phi) is 27.9. The Labute approximate surface area is 577 Å². The highest BCUT2D eigenvalue weighted by Gasteiger charge is 2.53. The number of ether oxygens (including phenoxy) is 4. The van der Waals surface area contributed by atoms with Crippen LogP contribution in [0.1, 0.15) is 116 Å². The maximum absolute atomic E-state index is 14.8. The van der Waals surface area contributed by atoms with E-state index in [1.165, 1.54) is 20.7 Å². The summed E-state index contributed by atoms with van der Waals surface area (Å²) in [5.41, 5.74) is 3.53. The van der Waals surface area contributed by atoms with Crippen molar-refractivity contribution in [3.05, 3.63) is 266 Å². The lowest BCUT2D eigenvalue weighted by molar-refractivity contribution is 0.191. The average molecular weight is 1370 g/mol. The van der Waals surface area contributed by atoms with Gasteiger partial charge in [-0.05, 0) is 154 Å². The molecule has 512 valence electrons. The third kappa shape index (κ3) is 19.5. The summed E-state index contributed by atoms with van der Waals surface area (Å²) >= 11 is 0. The first kappa shape index (κ1) is 76.0. The Bertz CT molecular complexity index is 3420. The van der Waals surface area contributed by atoms with Crippen LogP contribution in [0.25, 0.3) is 0 Å². The molecule has 0 aliphatic carbocycles. The number of rotatable bonds is 34. The van der Waals surface area contributed by atoms with E-state index in [9.17, 15) is 16.8 Å². The number of methoxy groups -OCH3 is 4. The second kappa shape index (κ2) is 35.2. The van der Waals surface area contributed by atoms with E-state index in [2.05, 4.69) is 152 Å². The van der Waals surface area contributed by atoms with Crippen LogP contribution in [0.2, 0.25) is 10.1 Å². The van der Waals surface area contributed by atoms with Crippen LogP contribution in [0.4, 0.5) is 0 Å². The second-order valence-electron chi connectivity index (χ2n) is 26.6. The first-order valence-electron chi connectivity index (χ1n) is 33.2. The van der Waals surface area contributed by atoms with Gasteiger partial charge >= 0.3 is 0 Å². The number of hydrogen-bond acceptors (Lipinski definition) is 10. The third-order valence-electron chi connectivity index (χ3n) is 17.8. The summed E-state index contributed by atoms with van der Waals surface area (Å²) in [6.45, 7) is 26.3. The Morgan fingerprint density at radius 2 is 0.594 bits per heavy atom. The highest BCUT2D eigenvalue weighted by molar-refractivity contribution is 7.90. The zero-order chi connectivity index (χ0) is 69.6. The van der Waals surface area contributed by atoms with Gasteiger partial charge in [0.1, 0.15) is 23.0 Å². The van der Waals surface area contributed by atoms with Crippen LogP contribution >= 0.6 is 0 Å². The van der Waals surface area contributed by atoms with Gasteiger partial charge in [-0.15, -0.1) is 13.2 Å². The fraction of sp³-hybridized carbons (Fsp3) is 0.350. The maximum Gasteiger partial charge on any atom is 0.261 e. The molecule has 0 aliphatic heterocycles. The summed E-state index contributed by atoms with van der Waals surface area (Å²) in [6, 6.07) is 72.2. The highest BCUT2D eigenvalue weighted by atomic mass is 32.2. The van der Waals surface area contributed by atoms with Crippen LogP contribution in [0, 0.1) is 0 Å². The van der Waals surface area contributed by atoms with Crippen LogP contribution in [-0.4, -0.2) is 93.2 Å². The fourth-order valence-corrected chi connectivity index (χ4v) is 26.3. The molecule has 8 aromatic rings. The van der Waals surface area contributed by atoms with E-state index in [-0.39, 0.29) is 48.5 Å². The molecule has 0 N–H and O–H groups in total. The standard InChI is InChI=1S/2C40H51NO5SSi/c2*1-8-9-16-37(29-32(2)46-48(40(3,4)5,38-17-12-10-13-18-38)39-19-14-11-15-20-39)47(42,43)41(30-33-21-25-35(44-6)26-22-33)31-34-23-27-36(45-7)28-24-34/h2*8,10-15,17-28,32,37H,1,9,16,29-31H2,2-7H3/t32-,37+;32-,37-/m11/s1. The topological polar surface area (TPSA) is 130 Å². The molecule has 16 heteroatoms. The van der Waals surface area contributed by atoms with Crippen molar-refractivity contribution in [3.8, 4) is 23.0 Å². The predicted octanol–water partition coefficient (Wildman–Crippen LogP) is 15.5. The molecule has 0 spiro atoms. The van der Waals surface area contributed by atoms with Gasteiger partial charge in [-0.1, -0.05) is 224 Å². The summed E-state index contributed by atoms with van der Waals surface area (Å²) in [6.07, 6.45) is 5.66. The number of allylic oxidation sites excluding steroid dienone is 2. The molecule has 4 atom stereocenters. The van der Waals surface area contributed by atoms with Crippen molar-refractivity contribution in [3.63, 3.8) is 0 Å². The second-order valence-corrected chi connectivity index (χ2v) is 39.6. The molecule has 96 heavy (non-hydrogen) atoms. The van der Waals surface area contributed by atoms with Crippen molar-refractivity contribution in [1.82, 2.24) is 8.61 Å². The first-order chi connectivity index (χ1) is 45.9. The van der Waals surface area contributed by atoms with E-state index in [4.69, 9.17) is 27.8 Å². The smallest absolute Gasteiger partial charge is 0.261 e. The van der Waals surface area contributed by atoms with Gasteiger partial charge in [0, 0.05) is 38.4 Å². The van der Waals surface area contributed by atoms with Crippen molar-refractivity contribution in [2.24, 2.45) is 0 Å². The molecule has 0 radical (unpaired) electrons. The molecule has 0 fully saturated rings. The summed E-state index contributed by atoms with van der Waals surface area (Å²) in [7, 11) is -6.94. The lowest BCUT2D eigenvalue weighted by Gasteiger charge is -2.45. The van der Waals surface area contributed by atoms with Gasteiger partial charge in [0.2, 0.25) is 20.0 Å². The van der Waals surface area contributed by atoms with E-state index in [1.54, 1.807) is 49.2 Å². The molecule has 0 amide bonds. The highest BCUT2D eigenvalue weighted by Crippen LogP contribution is 2.41. The van der Waals surface area contributed by atoms with Crippen LogP contribution in [-0.2, 0) is 55.1 Å². The molecule has 0 bridgehead atoms. The fourth-order valence-electron chi connectivity index (χ4n) is 12.8. The molecule has 8 rings (SSSR count). The summed E-state index contributed by atoms with van der Waals surface area (Å²) in [4.78, 5) is 0. The Morgan fingerprint density at radius 1 is 0.375 bits per heavy atom. The molecular formula is C80H102N2O10S2Si2. The minimum Gasteiger partial charge on any atom is -0.497 e. The van der Waals surface area contributed by atoms with Crippen molar-refractivity contribution in [1.29, 1.82) is 0 Å². The average Bonchev–Trinajstić information content (AvgIpc) is 0.755. The normalized spacial score (nSPS) is 13.6. The van der Waals surface area contributed by atoms with Crippen LogP contribution < -0.4 is 39.7 Å². The van der Waals surface area contributed by atoms with E-state index in [0.29, 0.717) is 38.5 Å². The van der Waals surface area contributed by atoms with Crippen molar-refractivity contribution < 1.29 is 44.6 Å². The van der Waals surface area contributed by atoms with Gasteiger partial charge in [0.25, 0.3) is 16.6 Å². The molecule has 8 aromatic carbocycles. The molecule has 0 saturated heterocycles. The number of benzene rings is 8. The Morgan fingerprint density at radius 3 is 0.781 bits per heavy atom. The lowest BCUT2D eigenvalue weighted by atomic mass is 10.1. The molecule has 0 saturated carbocycles. The van der Waals surface area contributed by atoms with Crippen molar-refractivity contribution in [2.45, 2.75) is 153 Å². The number of hydrogen-bond donors (Lipinski definition) is 0. The summed E-state index contributed by atoms with van der Waals surface area (Å²) < 4.78 is 98.6. The quantitative estimate of drug-likeness (QED) is 0.0284. The van der Waals surface area contributed by atoms with Crippen LogP contribution in [0.3, 0.4) is 0 Å². The first-order valence-corrected chi connectivity index (χ1v) is 40.0. The van der Waals surface area contributed by atoms with Gasteiger partial charge < -0.3 is 27.8 Å². The minimum absolute atomic E-state index is 0.228. The van der Waals surface area contributed by atoms with Crippen LogP contribution in [0.5, 0.6) is 23.0 Å². The van der Waals surface area contributed by atoms with Gasteiger partial charge in [0.15, 0.2) is 0 Å². The van der Waals surface area contributed by atoms with Crippen LogP contribution in [0.15, 0.2) is 244 Å². The van der Waals surface area contributed by atoms with Gasteiger partial charge in [-0.25, -0.2) is 16.8 Å². The Hall–Kier alpha value is -7.39. The third-order valence-corrected chi connectivity index (χ3v) is 32.6. The minimum atomic E-state index is -3.82. The SMILES string of the molecule is C=CCC[C@@H](C[C@@H](C)O[Si](c1ccccc1)(c1ccccc1)C(C)(C)C)S(=O)(=O)N(Cc1ccc(OC)cc1)Cc1ccc(OC)cc1.C=CCC[C@H](C[C@@H](C)O[Si](c1ccccc1)(c1ccccc1)C(C)(C)C)S(=O)(=O)N(Cc1ccc(OC)cc1)Cc1ccc(OC)cc1. The predicted molar refractivity (Wildman–Crippen MR) is 400 cm³/mol. The van der Waals surface area contributed by atoms with E-state index in [0.717, 1.165) is 45.3 Å².